The van der Waals surface area contributed by atoms with E-state index in [0.29, 0.717) is 16.0 Å². The highest BCUT2D eigenvalue weighted by Gasteiger charge is 2.74. The molecule has 140 valence electrons. The number of fused-ring (bicyclic) bond motifs is 1. The molecule has 2 aromatic rings. The molecule has 7 nitrogen and oxygen atoms in total. The second-order valence-electron chi connectivity index (χ2n) is 7.68. The molecule has 3 N–H and O–H groups in total. The van der Waals surface area contributed by atoms with Gasteiger partial charge in [-0.1, -0.05) is 54.6 Å². The summed E-state index contributed by atoms with van der Waals surface area (Å²) in [5, 5.41) is 3.03. The molecule has 6 rings (SSSR count). The molecule has 0 saturated carbocycles. The van der Waals surface area contributed by atoms with Gasteiger partial charge in [0.2, 0.25) is 17.7 Å². The fraction of sp³-hybridized carbons (Fsp3) is 0.238. The molecule has 0 spiro atoms. The maximum absolute atomic E-state index is 13.3. The maximum Gasteiger partial charge on any atom is 0.328 e. The van der Waals surface area contributed by atoms with Gasteiger partial charge in [-0.25, -0.2) is 4.79 Å². The third-order valence-corrected chi connectivity index (χ3v) is 6.54. The molecule has 2 saturated heterocycles. The van der Waals surface area contributed by atoms with Crippen LogP contribution in [0.4, 0.5) is 4.79 Å². The van der Waals surface area contributed by atoms with Crippen molar-refractivity contribution in [3.63, 3.8) is 0 Å². The van der Waals surface area contributed by atoms with Crippen molar-refractivity contribution in [1.29, 1.82) is 0 Å². The van der Waals surface area contributed by atoms with Crippen molar-refractivity contribution in [2.24, 2.45) is 17.6 Å². The molecular formula is C21H17N3O4. The van der Waals surface area contributed by atoms with Crippen molar-refractivity contribution in [2.45, 2.75) is 17.9 Å². The molecular weight excluding hydrogens is 358 g/mol. The summed E-state index contributed by atoms with van der Waals surface area (Å²) in [6.45, 7) is 1.66. The van der Waals surface area contributed by atoms with Gasteiger partial charge in [0.1, 0.15) is 5.54 Å². The monoisotopic (exact) mass is 375 g/mol. The molecule has 0 aromatic heterocycles. The van der Waals surface area contributed by atoms with Crippen LogP contribution in [0.5, 0.6) is 0 Å². The van der Waals surface area contributed by atoms with Gasteiger partial charge in [-0.3, -0.25) is 14.4 Å². The normalized spacial score (nSPS) is 32.8. The van der Waals surface area contributed by atoms with Gasteiger partial charge in [-0.15, -0.1) is 0 Å². The van der Waals surface area contributed by atoms with Gasteiger partial charge in [-0.2, -0.15) is 4.90 Å². The second-order valence-corrected chi connectivity index (χ2v) is 7.68. The summed E-state index contributed by atoms with van der Waals surface area (Å²) in [4.78, 5) is 52.1. The first kappa shape index (κ1) is 16.7. The number of nitrogens with one attached hydrogen (secondary N) is 1. The molecule has 5 amide bonds. The van der Waals surface area contributed by atoms with Gasteiger partial charge >= 0.3 is 6.03 Å². The van der Waals surface area contributed by atoms with Crippen LogP contribution in [0.25, 0.3) is 0 Å². The van der Waals surface area contributed by atoms with E-state index >= 15 is 0 Å². The Kier molecular flexibility index (Phi) is 3.02. The van der Waals surface area contributed by atoms with Crippen molar-refractivity contribution in [3.05, 3.63) is 71.3 Å². The van der Waals surface area contributed by atoms with Crippen LogP contribution in [-0.2, 0) is 25.3 Å². The molecule has 2 fully saturated rings. The lowest BCUT2D eigenvalue weighted by Gasteiger charge is -2.57. The summed E-state index contributed by atoms with van der Waals surface area (Å²) in [6.07, 6.45) is 0. The molecule has 3 aliphatic heterocycles. The predicted molar refractivity (Wildman–Crippen MR) is 97.6 cm³/mol. The Morgan fingerprint density at radius 2 is 1.50 bits per heavy atom. The number of hydrogen-bond donors (Lipinski definition) is 2. The number of carbonyl (C=O) groups is 4. The first-order chi connectivity index (χ1) is 13.3. The number of amides is 5. The molecule has 2 bridgehead atoms. The number of hydrogen-bond acceptors (Lipinski definition) is 4. The number of nitrogens with zero attached hydrogens (tertiary/aromatic N) is 1. The third kappa shape index (κ3) is 1.61. The zero-order valence-electron chi connectivity index (χ0n) is 15.0. The fourth-order valence-electron chi connectivity index (χ4n) is 5.35. The van der Waals surface area contributed by atoms with Crippen molar-refractivity contribution in [1.82, 2.24) is 10.2 Å². The van der Waals surface area contributed by atoms with Crippen LogP contribution in [0.2, 0.25) is 0 Å². The van der Waals surface area contributed by atoms with Crippen LogP contribution in [0.15, 0.2) is 54.6 Å². The molecule has 28 heavy (non-hydrogen) atoms. The highest BCUT2D eigenvalue weighted by molar-refractivity contribution is 6.20. The van der Waals surface area contributed by atoms with Crippen LogP contribution in [0.3, 0.4) is 0 Å². The van der Waals surface area contributed by atoms with Crippen LogP contribution < -0.4 is 11.1 Å². The van der Waals surface area contributed by atoms with E-state index in [1.54, 1.807) is 13.0 Å². The first-order valence-corrected chi connectivity index (χ1v) is 9.00. The first-order valence-electron chi connectivity index (χ1n) is 9.00. The standard InChI is InChI=1S/C21H17N3O4/c1-20-12-9-5-6-10-13(12)21(23-18(20)27,11-7-3-2-4-8-11)15-14(20)16(25)24(17(15)26)19(22)28/h2-10,14-15H,1H3,(H2,22,28)(H,23,27)/t14-,15-,20-,21+/m1/s1. The van der Waals surface area contributed by atoms with E-state index in [4.69, 9.17) is 5.73 Å². The Hall–Kier alpha value is -3.48. The van der Waals surface area contributed by atoms with Gasteiger partial charge in [0.25, 0.3) is 0 Å². The predicted octanol–water partition coefficient (Wildman–Crippen LogP) is 1.01. The topological polar surface area (TPSA) is 110 Å². The zero-order valence-corrected chi connectivity index (χ0v) is 15.0. The van der Waals surface area contributed by atoms with Crippen molar-refractivity contribution < 1.29 is 19.2 Å². The average Bonchev–Trinajstić information content (AvgIpc) is 2.97. The van der Waals surface area contributed by atoms with Crippen molar-refractivity contribution in [2.75, 3.05) is 0 Å². The Bertz CT molecular complexity index is 1080. The summed E-state index contributed by atoms with van der Waals surface area (Å²) in [6, 6.07) is 15.3. The average molecular weight is 375 g/mol. The number of benzene rings is 2. The van der Waals surface area contributed by atoms with E-state index in [1.165, 1.54) is 0 Å². The molecule has 1 aliphatic carbocycles. The molecule has 0 unspecified atom stereocenters. The van der Waals surface area contributed by atoms with Crippen molar-refractivity contribution in [3.8, 4) is 0 Å². The molecule has 3 heterocycles. The van der Waals surface area contributed by atoms with E-state index in [2.05, 4.69) is 5.32 Å². The number of primary amides is 1. The Balaban J connectivity index is 1.91. The highest BCUT2D eigenvalue weighted by Crippen LogP contribution is 2.61. The fourth-order valence-corrected chi connectivity index (χ4v) is 5.35. The van der Waals surface area contributed by atoms with Gasteiger partial charge in [0.05, 0.1) is 17.3 Å². The minimum atomic E-state index is -1.27. The summed E-state index contributed by atoms with van der Waals surface area (Å²) in [5.41, 5.74) is 4.97. The van der Waals surface area contributed by atoms with Crippen molar-refractivity contribution >= 4 is 23.8 Å². The van der Waals surface area contributed by atoms with E-state index < -0.39 is 40.6 Å². The lowest BCUT2D eigenvalue weighted by Crippen LogP contribution is -2.72. The lowest BCUT2D eigenvalue weighted by molar-refractivity contribution is -0.147. The number of nitrogens with two attached hydrogens (primary N) is 1. The maximum atomic E-state index is 13.3. The minimum Gasteiger partial charge on any atom is -0.351 e. The van der Waals surface area contributed by atoms with E-state index in [-0.39, 0.29) is 5.91 Å². The summed E-state index contributed by atoms with van der Waals surface area (Å²) < 4.78 is 0. The summed E-state index contributed by atoms with van der Waals surface area (Å²) >= 11 is 0. The molecule has 0 radical (unpaired) electrons. The number of carbonyl (C=O) groups excluding carboxylic acids is 4. The smallest absolute Gasteiger partial charge is 0.328 e. The number of piperidine rings is 1. The van der Waals surface area contributed by atoms with Gasteiger partial charge < -0.3 is 11.1 Å². The lowest BCUT2D eigenvalue weighted by atomic mass is 9.49. The number of likely N-dealkylation sites (tertiary alicyclic amines) is 1. The van der Waals surface area contributed by atoms with E-state index in [1.807, 2.05) is 48.5 Å². The number of imide groups is 3. The largest absolute Gasteiger partial charge is 0.351 e. The van der Waals surface area contributed by atoms with Crippen LogP contribution >= 0.6 is 0 Å². The molecule has 4 aliphatic rings. The Morgan fingerprint density at radius 1 is 0.929 bits per heavy atom. The van der Waals surface area contributed by atoms with Crippen LogP contribution in [0, 0.1) is 11.8 Å². The third-order valence-electron chi connectivity index (χ3n) is 6.54. The van der Waals surface area contributed by atoms with Gasteiger partial charge in [-0.05, 0) is 23.6 Å². The minimum absolute atomic E-state index is 0.344. The quantitative estimate of drug-likeness (QED) is 0.725. The highest BCUT2D eigenvalue weighted by atomic mass is 16.2. The van der Waals surface area contributed by atoms with Crippen LogP contribution in [0.1, 0.15) is 23.6 Å². The summed E-state index contributed by atoms with van der Waals surface area (Å²) in [5.74, 6) is -3.69. The van der Waals surface area contributed by atoms with Crippen LogP contribution in [-0.4, -0.2) is 28.7 Å². The zero-order chi connectivity index (χ0) is 19.8. The number of rotatable bonds is 1. The molecule has 4 atom stereocenters. The molecule has 2 aromatic carbocycles. The van der Waals surface area contributed by atoms with E-state index in [9.17, 15) is 19.2 Å². The number of urea groups is 1. The summed E-state index contributed by atoms with van der Waals surface area (Å²) in [7, 11) is 0. The van der Waals surface area contributed by atoms with Gasteiger partial charge in [0.15, 0.2) is 0 Å². The SMILES string of the molecule is C[C@@]12C(=O)N[C@@](c3ccccc3)(c3ccccc31)[C@H]1C(=O)N(C(N)=O)C(=O)[C@@H]12. The van der Waals surface area contributed by atoms with E-state index in [0.717, 1.165) is 5.56 Å². The second kappa shape index (κ2) is 5.07. The Morgan fingerprint density at radius 3 is 2.14 bits per heavy atom. The molecule has 7 heteroatoms. The Labute approximate surface area is 160 Å². The van der Waals surface area contributed by atoms with Gasteiger partial charge in [0, 0.05) is 0 Å².